The number of carbonyl (C=O) groups is 2. The first-order valence-electron chi connectivity index (χ1n) is 12.6. The molecule has 0 unspecified atom stereocenters. The molecule has 1 saturated heterocycles. The molecule has 2 aromatic heterocycles. The number of rotatable bonds is 6. The number of hydrogen-bond acceptors (Lipinski definition) is 7. The second kappa shape index (κ2) is 11.6. The van der Waals surface area contributed by atoms with Crippen LogP contribution in [-0.2, 0) is 20.8 Å². The average Bonchev–Trinajstić information content (AvgIpc) is 3.42. The Morgan fingerprint density at radius 1 is 1.05 bits per heavy atom. The zero-order valence-electron chi connectivity index (χ0n) is 22.0. The third kappa shape index (κ3) is 6.16. The summed E-state index contributed by atoms with van der Waals surface area (Å²) in [5.74, 6) is 0.0708. The molecule has 0 atom stereocenters. The molecule has 0 radical (unpaired) electrons. The van der Waals surface area contributed by atoms with Crippen LogP contribution < -0.4 is 5.32 Å². The molecule has 206 valence electrons. The van der Waals surface area contributed by atoms with E-state index < -0.39 is 24.0 Å². The summed E-state index contributed by atoms with van der Waals surface area (Å²) < 4.78 is 30.7. The van der Waals surface area contributed by atoms with Gasteiger partial charge in [0.2, 0.25) is 6.29 Å². The number of H-pyrrole nitrogens is 1. The highest BCUT2D eigenvalue weighted by atomic mass is 19.1. The number of aromatic nitrogens is 3. The quantitative estimate of drug-likeness (QED) is 0.348. The standard InChI is InChI=1S/C29H28FN5O5/c1-29(34-27(36)35(2)28(37)38-16-19-6-4-3-5-7-19)17-39-26(40-18-29)25-32-23(20-8-10-22(30)11-9-20)24(33-25)21-12-14-31-15-13-21/h3-15,26H,16-18H2,1-2H3,(H,32,33)(H,34,36). The van der Waals surface area contributed by atoms with Gasteiger partial charge in [0, 0.05) is 30.6 Å². The van der Waals surface area contributed by atoms with E-state index in [1.165, 1.54) is 19.2 Å². The van der Waals surface area contributed by atoms with Gasteiger partial charge in [0.1, 0.15) is 12.4 Å². The van der Waals surface area contributed by atoms with Gasteiger partial charge in [0.05, 0.1) is 30.1 Å². The number of nitrogens with zero attached hydrogens (tertiary/aromatic N) is 3. The molecule has 11 heteroatoms. The van der Waals surface area contributed by atoms with Crippen molar-refractivity contribution in [3.8, 4) is 22.5 Å². The topological polar surface area (TPSA) is 119 Å². The number of imide groups is 1. The van der Waals surface area contributed by atoms with Gasteiger partial charge in [-0.1, -0.05) is 30.3 Å². The van der Waals surface area contributed by atoms with E-state index in [4.69, 9.17) is 19.2 Å². The molecular formula is C29H28FN5O5. The lowest BCUT2D eigenvalue weighted by Gasteiger charge is -2.37. The molecule has 4 aromatic rings. The van der Waals surface area contributed by atoms with Crippen LogP contribution in [0.4, 0.5) is 14.0 Å². The Labute approximate surface area is 230 Å². The number of pyridine rings is 1. The van der Waals surface area contributed by atoms with Crippen molar-refractivity contribution in [3.05, 3.63) is 96.3 Å². The molecule has 0 spiro atoms. The van der Waals surface area contributed by atoms with Crippen molar-refractivity contribution in [1.82, 2.24) is 25.2 Å². The number of carbonyl (C=O) groups excluding carboxylic acids is 2. The molecule has 0 saturated carbocycles. The third-order valence-electron chi connectivity index (χ3n) is 6.33. The first kappa shape index (κ1) is 27.0. The van der Waals surface area contributed by atoms with E-state index in [2.05, 4.69) is 15.3 Å². The minimum Gasteiger partial charge on any atom is -0.444 e. The maximum absolute atomic E-state index is 13.6. The van der Waals surface area contributed by atoms with Crippen molar-refractivity contribution in [1.29, 1.82) is 0 Å². The van der Waals surface area contributed by atoms with Crippen LogP contribution in [0.5, 0.6) is 0 Å². The maximum Gasteiger partial charge on any atom is 0.418 e. The summed E-state index contributed by atoms with van der Waals surface area (Å²) in [5.41, 5.74) is 2.75. The van der Waals surface area contributed by atoms with Crippen molar-refractivity contribution in [2.24, 2.45) is 0 Å². The Kier molecular flexibility index (Phi) is 7.85. The molecule has 0 aliphatic carbocycles. The monoisotopic (exact) mass is 545 g/mol. The number of aromatic amines is 1. The van der Waals surface area contributed by atoms with Crippen molar-refractivity contribution in [3.63, 3.8) is 0 Å². The summed E-state index contributed by atoms with van der Waals surface area (Å²) in [4.78, 5) is 38.0. The van der Waals surface area contributed by atoms with Gasteiger partial charge in [0.25, 0.3) is 0 Å². The van der Waals surface area contributed by atoms with Crippen LogP contribution >= 0.6 is 0 Å². The van der Waals surface area contributed by atoms with Crippen molar-refractivity contribution in [2.45, 2.75) is 25.4 Å². The van der Waals surface area contributed by atoms with Crippen LogP contribution in [0, 0.1) is 5.82 Å². The number of benzene rings is 2. The van der Waals surface area contributed by atoms with Gasteiger partial charge in [0.15, 0.2) is 5.82 Å². The average molecular weight is 546 g/mol. The second-order valence-electron chi connectivity index (χ2n) is 9.63. The molecule has 2 N–H and O–H groups in total. The minimum absolute atomic E-state index is 0.0486. The lowest BCUT2D eigenvalue weighted by molar-refractivity contribution is -0.215. The van der Waals surface area contributed by atoms with E-state index in [0.717, 1.165) is 16.0 Å². The molecule has 0 bridgehead atoms. The van der Waals surface area contributed by atoms with Crippen LogP contribution in [0.3, 0.4) is 0 Å². The highest BCUT2D eigenvalue weighted by Gasteiger charge is 2.37. The molecule has 40 heavy (non-hydrogen) atoms. The van der Waals surface area contributed by atoms with Gasteiger partial charge in [-0.3, -0.25) is 4.98 Å². The summed E-state index contributed by atoms with van der Waals surface area (Å²) in [5, 5.41) is 2.78. The molecule has 1 fully saturated rings. The molecule has 10 nitrogen and oxygen atoms in total. The van der Waals surface area contributed by atoms with Crippen LogP contribution in [0.1, 0.15) is 24.6 Å². The number of ether oxygens (including phenoxy) is 3. The summed E-state index contributed by atoms with van der Waals surface area (Å²) in [6.45, 7) is 1.98. The van der Waals surface area contributed by atoms with Crippen molar-refractivity contribution >= 4 is 12.1 Å². The summed E-state index contributed by atoms with van der Waals surface area (Å²) in [7, 11) is 1.33. The van der Waals surface area contributed by atoms with Gasteiger partial charge in [-0.05, 0) is 48.9 Å². The molecule has 2 aromatic carbocycles. The van der Waals surface area contributed by atoms with Crippen molar-refractivity contribution < 1.29 is 28.2 Å². The Morgan fingerprint density at radius 2 is 1.73 bits per heavy atom. The Bertz CT molecular complexity index is 1460. The van der Waals surface area contributed by atoms with Crippen LogP contribution in [0.15, 0.2) is 79.1 Å². The summed E-state index contributed by atoms with van der Waals surface area (Å²) in [6, 6.07) is 18.2. The molecule has 3 heterocycles. The van der Waals surface area contributed by atoms with Gasteiger partial charge >= 0.3 is 12.1 Å². The van der Waals surface area contributed by atoms with Gasteiger partial charge in [-0.15, -0.1) is 0 Å². The highest BCUT2D eigenvalue weighted by Crippen LogP contribution is 2.34. The predicted octanol–water partition coefficient (Wildman–Crippen LogP) is 5.06. The lowest BCUT2D eigenvalue weighted by atomic mass is 10.0. The number of amides is 3. The number of hydrogen-bond donors (Lipinski definition) is 2. The fraction of sp³-hybridized carbons (Fsp3) is 0.241. The summed E-state index contributed by atoms with van der Waals surface area (Å²) in [6.07, 6.45) is 1.71. The number of imidazole rings is 1. The zero-order chi connectivity index (χ0) is 28.1. The molecule has 1 aliphatic heterocycles. The van der Waals surface area contributed by atoms with Gasteiger partial charge < -0.3 is 24.5 Å². The molecular weight excluding hydrogens is 517 g/mol. The Morgan fingerprint density at radius 3 is 2.40 bits per heavy atom. The Hall–Kier alpha value is -4.61. The smallest absolute Gasteiger partial charge is 0.418 e. The van der Waals surface area contributed by atoms with Gasteiger partial charge in [-0.25, -0.2) is 23.9 Å². The van der Waals surface area contributed by atoms with E-state index in [-0.39, 0.29) is 25.6 Å². The SMILES string of the molecule is CN(C(=O)NC1(C)COC(c2nc(-c3ccc(F)cc3)c(-c3ccncc3)[nH]2)OC1)C(=O)OCc1ccccc1. The molecule has 3 amide bonds. The van der Waals surface area contributed by atoms with Crippen LogP contribution in [0.2, 0.25) is 0 Å². The fourth-order valence-corrected chi connectivity index (χ4v) is 4.13. The minimum atomic E-state index is -0.915. The van der Waals surface area contributed by atoms with Crippen LogP contribution in [-0.4, -0.2) is 57.8 Å². The largest absolute Gasteiger partial charge is 0.444 e. The van der Waals surface area contributed by atoms with E-state index in [0.29, 0.717) is 22.8 Å². The van der Waals surface area contributed by atoms with Crippen LogP contribution in [0.25, 0.3) is 22.5 Å². The lowest BCUT2D eigenvalue weighted by Crippen LogP contribution is -2.59. The first-order chi connectivity index (χ1) is 19.3. The van der Waals surface area contributed by atoms with Crippen molar-refractivity contribution in [2.75, 3.05) is 20.3 Å². The molecule has 1 aliphatic rings. The Balaban J connectivity index is 1.23. The van der Waals surface area contributed by atoms with E-state index in [1.54, 1.807) is 31.5 Å². The third-order valence-corrected chi connectivity index (χ3v) is 6.33. The second-order valence-corrected chi connectivity index (χ2v) is 9.63. The van der Waals surface area contributed by atoms with E-state index >= 15 is 0 Å². The number of urea groups is 1. The number of nitrogens with one attached hydrogen (secondary N) is 2. The zero-order valence-corrected chi connectivity index (χ0v) is 22.0. The highest BCUT2D eigenvalue weighted by molar-refractivity contribution is 5.90. The number of halogens is 1. The normalized spacial score (nSPS) is 18.6. The maximum atomic E-state index is 13.6. The fourth-order valence-electron chi connectivity index (χ4n) is 4.13. The predicted molar refractivity (Wildman–Crippen MR) is 143 cm³/mol. The van der Waals surface area contributed by atoms with E-state index in [1.807, 2.05) is 42.5 Å². The first-order valence-corrected chi connectivity index (χ1v) is 12.6. The molecule has 5 rings (SSSR count). The van der Waals surface area contributed by atoms with E-state index in [9.17, 15) is 14.0 Å². The summed E-state index contributed by atoms with van der Waals surface area (Å²) >= 11 is 0. The van der Waals surface area contributed by atoms with Gasteiger partial charge in [-0.2, -0.15) is 0 Å².